The SMILES string of the molecule is COc1ccc(CN(Cc2ccc(OC)cc2)C(=O)c2cc3n(n2)CCN(C(=O)OC(C)(C)C)C3)cc1. The van der Waals surface area contributed by atoms with E-state index in [2.05, 4.69) is 5.10 Å². The summed E-state index contributed by atoms with van der Waals surface area (Å²) < 4.78 is 17.8. The maximum atomic E-state index is 13.7. The molecule has 9 heteroatoms. The number of carbonyl (C=O) groups is 2. The van der Waals surface area contributed by atoms with Gasteiger partial charge in [-0.05, 0) is 62.2 Å². The third-order valence-corrected chi connectivity index (χ3v) is 6.02. The first kappa shape index (κ1) is 26.1. The highest BCUT2D eigenvalue weighted by atomic mass is 16.6. The van der Waals surface area contributed by atoms with Crippen molar-refractivity contribution in [2.24, 2.45) is 0 Å². The van der Waals surface area contributed by atoms with Crippen LogP contribution < -0.4 is 9.47 Å². The molecule has 0 fully saturated rings. The molecule has 196 valence electrons. The van der Waals surface area contributed by atoms with Gasteiger partial charge in [-0.25, -0.2) is 4.79 Å². The number of aromatic nitrogens is 2. The lowest BCUT2D eigenvalue weighted by molar-refractivity contribution is 0.0194. The van der Waals surface area contributed by atoms with Gasteiger partial charge < -0.3 is 24.0 Å². The third kappa shape index (κ3) is 6.61. The lowest BCUT2D eigenvalue weighted by atomic mass is 10.1. The normalized spacial score (nSPS) is 13.1. The van der Waals surface area contributed by atoms with Crippen LogP contribution >= 0.6 is 0 Å². The van der Waals surface area contributed by atoms with Crippen molar-refractivity contribution < 1.29 is 23.8 Å². The maximum absolute atomic E-state index is 13.7. The first-order chi connectivity index (χ1) is 17.6. The number of rotatable bonds is 7. The van der Waals surface area contributed by atoms with E-state index in [4.69, 9.17) is 14.2 Å². The molecule has 37 heavy (non-hydrogen) atoms. The van der Waals surface area contributed by atoms with E-state index in [9.17, 15) is 9.59 Å². The zero-order chi connectivity index (χ0) is 26.6. The summed E-state index contributed by atoms with van der Waals surface area (Å²) in [4.78, 5) is 29.7. The average molecular weight is 507 g/mol. The van der Waals surface area contributed by atoms with Gasteiger partial charge in [0.2, 0.25) is 0 Å². The van der Waals surface area contributed by atoms with Crippen LogP contribution in [0.3, 0.4) is 0 Å². The summed E-state index contributed by atoms with van der Waals surface area (Å²) in [5, 5.41) is 4.58. The van der Waals surface area contributed by atoms with Crippen LogP contribution in [-0.2, 0) is 30.9 Å². The lowest BCUT2D eigenvalue weighted by Crippen LogP contribution is -2.41. The molecule has 0 bridgehead atoms. The minimum absolute atomic E-state index is 0.183. The van der Waals surface area contributed by atoms with Gasteiger partial charge in [0.25, 0.3) is 5.91 Å². The van der Waals surface area contributed by atoms with E-state index in [1.807, 2.05) is 69.3 Å². The smallest absolute Gasteiger partial charge is 0.410 e. The van der Waals surface area contributed by atoms with Gasteiger partial charge in [0.15, 0.2) is 5.69 Å². The van der Waals surface area contributed by atoms with Crippen molar-refractivity contribution in [3.8, 4) is 11.5 Å². The van der Waals surface area contributed by atoms with Crippen LogP contribution in [0.4, 0.5) is 4.79 Å². The first-order valence-electron chi connectivity index (χ1n) is 12.2. The van der Waals surface area contributed by atoms with Crippen LogP contribution in [-0.4, -0.2) is 57.9 Å². The van der Waals surface area contributed by atoms with E-state index in [0.717, 1.165) is 28.3 Å². The molecule has 2 aromatic carbocycles. The van der Waals surface area contributed by atoms with Crippen LogP contribution in [0.15, 0.2) is 54.6 Å². The van der Waals surface area contributed by atoms with Crippen molar-refractivity contribution in [2.45, 2.75) is 52.6 Å². The van der Waals surface area contributed by atoms with Crippen molar-refractivity contribution in [2.75, 3.05) is 20.8 Å². The Morgan fingerprint density at radius 3 is 1.92 bits per heavy atom. The van der Waals surface area contributed by atoms with E-state index >= 15 is 0 Å². The number of nitrogens with zero attached hydrogens (tertiary/aromatic N) is 4. The second-order valence-electron chi connectivity index (χ2n) is 10.0. The highest BCUT2D eigenvalue weighted by Crippen LogP contribution is 2.21. The molecule has 0 N–H and O–H groups in total. The molecule has 4 rings (SSSR count). The maximum Gasteiger partial charge on any atom is 0.410 e. The first-order valence-corrected chi connectivity index (χ1v) is 12.2. The molecule has 1 aliphatic heterocycles. The molecule has 9 nitrogen and oxygen atoms in total. The number of ether oxygens (including phenoxy) is 3. The Morgan fingerprint density at radius 2 is 1.43 bits per heavy atom. The Hall–Kier alpha value is -4.01. The minimum Gasteiger partial charge on any atom is -0.497 e. The second-order valence-corrected chi connectivity index (χ2v) is 10.0. The summed E-state index contributed by atoms with van der Waals surface area (Å²) in [6, 6.07) is 17.1. The fraction of sp³-hybridized carbons (Fsp3) is 0.393. The monoisotopic (exact) mass is 506 g/mol. The third-order valence-electron chi connectivity index (χ3n) is 6.02. The number of hydrogen-bond acceptors (Lipinski definition) is 6. The second kappa shape index (κ2) is 10.9. The Bertz CT molecular complexity index is 1180. The molecular formula is C28H34N4O5. The van der Waals surface area contributed by atoms with E-state index in [1.54, 1.807) is 34.8 Å². The number of carbonyl (C=O) groups excluding carboxylic acids is 2. The van der Waals surface area contributed by atoms with E-state index in [1.165, 1.54) is 0 Å². The van der Waals surface area contributed by atoms with Crippen molar-refractivity contribution in [1.82, 2.24) is 19.6 Å². The van der Waals surface area contributed by atoms with Crippen LogP contribution in [0.25, 0.3) is 0 Å². The largest absolute Gasteiger partial charge is 0.497 e. The van der Waals surface area contributed by atoms with Crippen LogP contribution in [0.5, 0.6) is 11.5 Å². The number of benzene rings is 2. The summed E-state index contributed by atoms with van der Waals surface area (Å²) >= 11 is 0. The molecule has 0 atom stereocenters. The Labute approximate surface area is 217 Å². The Kier molecular flexibility index (Phi) is 7.71. The molecule has 3 aromatic rings. The van der Waals surface area contributed by atoms with Crippen LogP contribution in [0.1, 0.15) is 48.1 Å². The highest BCUT2D eigenvalue weighted by molar-refractivity contribution is 5.92. The topological polar surface area (TPSA) is 86.1 Å². The number of fused-ring (bicyclic) bond motifs is 1. The van der Waals surface area contributed by atoms with Gasteiger partial charge in [0.05, 0.1) is 33.0 Å². The number of methoxy groups -OCH3 is 2. The molecule has 0 radical (unpaired) electrons. The highest BCUT2D eigenvalue weighted by Gasteiger charge is 2.28. The van der Waals surface area contributed by atoms with Gasteiger partial charge in [-0.15, -0.1) is 0 Å². The quantitative estimate of drug-likeness (QED) is 0.469. The predicted octanol–water partition coefficient (Wildman–Crippen LogP) is 4.49. The molecular weight excluding hydrogens is 472 g/mol. The van der Waals surface area contributed by atoms with Crippen LogP contribution in [0, 0.1) is 0 Å². The van der Waals surface area contributed by atoms with E-state index in [-0.39, 0.29) is 12.0 Å². The van der Waals surface area contributed by atoms with Crippen molar-refractivity contribution in [3.63, 3.8) is 0 Å². The molecule has 2 amide bonds. The van der Waals surface area contributed by atoms with Gasteiger partial charge in [-0.2, -0.15) is 5.10 Å². The van der Waals surface area contributed by atoms with Crippen molar-refractivity contribution >= 4 is 12.0 Å². The zero-order valence-electron chi connectivity index (χ0n) is 22.1. The molecule has 0 aliphatic carbocycles. The van der Waals surface area contributed by atoms with Gasteiger partial charge >= 0.3 is 6.09 Å². The molecule has 1 aliphatic rings. The molecule has 0 saturated heterocycles. The summed E-state index contributed by atoms with van der Waals surface area (Å²) in [5.74, 6) is 1.33. The summed E-state index contributed by atoms with van der Waals surface area (Å²) in [5.41, 5.74) is 2.53. The molecule has 0 spiro atoms. The summed E-state index contributed by atoms with van der Waals surface area (Å²) in [6.45, 7) is 7.65. The molecule has 0 saturated carbocycles. The van der Waals surface area contributed by atoms with E-state index in [0.29, 0.717) is 38.4 Å². The van der Waals surface area contributed by atoms with E-state index < -0.39 is 5.60 Å². The van der Waals surface area contributed by atoms with Gasteiger partial charge in [0.1, 0.15) is 17.1 Å². The number of amides is 2. The summed E-state index contributed by atoms with van der Waals surface area (Å²) in [7, 11) is 3.25. The van der Waals surface area contributed by atoms with Gasteiger partial charge in [-0.3, -0.25) is 9.48 Å². The summed E-state index contributed by atoms with van der Waals surface area (Å²) in [6.07, 6.45) is -0.367. The average Bonchev–Trinajstić information content (AvgIpc) is 3.31. The number of hydrogen-bond donors (Lipinski definition) is 0. The standard InChI is InChI=1S/C28H34N4O5/c1-28(2,3)37-27(34)30-14-15-32-22(19-30)16-25(29-32)26(33)31(17-20-6-10-23(35-4)11-7-20)18-21-8-12-24(36-5)13-9-21/h6-13,16H,14-15,17-19H2,1-5H3. The Morgan fingerprint density at radius 1 is 0.892 bits per heavy atom. The molecule has 0 unspecified atom stereocenters. The lowest BCUT2D eigenvalue weighted by Gasteiger charge is -2.30. The Balaban J connectivity index is 1.54. The fourth-order valence-corrected chi connectivity index (χ4v) is 4.12. The van der Waals surface area contributed by atoms with Gasteiger partial charge in [0, 0.05) is 19.6 Å². The fourth-order valence-electron chi connectivity index (χ4n) is 4.12. The zero-order valence-corrected chi connectivity index (χ0v) is 22.1. The van der Waals surface area contributed by atoms with Crippen molar-refractivity contribution in [3.05, 3.63) is 77.1 Å². The van der Waals surface area contributed by atoms with Crippen LogP contribution in [0.2, 0.25) is 0 Å². The molecule has 2 heterocycles. The van der Waals surface area contributed by atoms with Gasteiger partial charge in [-0.1, -0.05) is 24.3 Å². The molecule has 1 aromatic heterocycles. The minimum atomic E-state index is -0.570. The van der Waals surface area contributed by atoms with Crippen molar-refractivity contribution in [1.29, 1.82) is 0 Å². The predicted molar refractivity (Wildman–Crippen MR) is 138 cm³/mol.